The van der Waals surface area contributed by atoms with Crippen molar-refractivity contribution in [3.05, 3.63) is 48.3 Å². The van der Waals surface area contributed by atoms with E-state index in [9.17, 15) is 0 Å². The summed E-state index contributed by atoms with van der Waals surface area (Å²) in [5.41, 5.74) is 1.19. The quantitative estimate of drug-likeness (QED) is 0.452. The Bertz CT molecular complexity index is 707. The molecule has 0 amide bonds. The third-order valence-corrected chi connectivity index (χ3v) is 3.66. The molecule has 0 bridgehead atoms. The molecule has 0 saturated carbocycles. The minimum atomic E-state index is 0.300. The molecule has 0 fully saturated rings. The lowest BCUT2D eigenvalue weighted by Crippen LogP contribution is -2.40. The molecule has 7 nitrogen and oxygen atoms in total. The number of nitrogens with one attached hydrogen (secondary N) is 2. The van der Waals surface area contributed by atoms with Crippen molar-refractivity contribution < 1.29 is 14.2 Å². The van der Waals surface area contributed by atoms with Crippen molar-refractivity contribution >= 4 is 5.96 Å². The van der Waals surface area contributed by atoms with Gasteiger partial charge in [-0.25, -0.2) is 0 Å². The largest absolute Gasteiger partial charge is 0.490 e. The van der Waals surface area contributed by atoms with Crippen LogP contribution in [0.4, 0.5) is 0 Å². The second-order valence-corrected chi connectivity index (χ2v) is 5.40. The van der Waals surface area contributed by atoms with E-state index in [0.717, 1.165) is 36.2 Å². The average molecular weight is 342 g/mol. The van der Waals surface area contributed by atoms with Crippen LogP contribution < -0.4 is 24.8 Å². The number of pyridine rings is 1. The first-order valence-electron chi connectivity index (χ1n) is 8.21. The van der Waals surface area contributed by atoms with Crippen molar-refractivity contribution in [3.63, 3.8) is 0 Å². The maximum Gasteiger partial charge on any atom is 0.231 e. The Kier molecular flexibility index (Phi) is 5.92. The SMILES string of the molecule is CN=C(NCCOc1cccnc1)NCCc1ccc2c(c1)OCO2. The maximum absolute atomic E-state index is 5.58. The van der Waals surface area contributed by atoms with Crippen LogP contribution in [0.25, 0.3) is 0 Å². The van der Waals surface area contributed by atoms with Crippen LogP contribution in [0.5, 0.6) is 17.2 Å². The summed E-state index contributed by atoms with van der Waals surface area (Å²) >= 11 is 0. The third-order valence-electron chi connectivity index (χ3n) is 3.66. The number of guanidine groups is 1. The van der Waals surface area contributed by atoms with Crippen LogP contribution in [0.3, 0.4) is 0 Å². The van der Waals surface area contributed by atoms with Crippen molar-refractivity contribution in [2.45, 2.75) is 6.42 Å². The molecule has 2 heterocycles. The second-order valence-electron chi connectivity index (χ2n) is 5.40. The van der Waals surface area contributed by atoms with Gasteiger partial charge in [0, 0.05) is 19.8 Å². The monoisotopic (exact) mass is 342 g/mol. The van der Waals surface area contributed by atoms with Crippen molar-refractivity contribution in [1.82, 2.24) is 15.6 Å². The summed E-state index contributed by atoms with van der Waals surface area (Å²) in [5.74, 6) is 3.13. The van der Waals surface area contributed by atoms with Crippen LogP contribution >= 0.6 is 0 Å². The van der Waals surface area contributed by atoms with Gasteiger partial charge >= 0.3 is 0 Å². The molecule has 25 heavy (non-hydrogen) atoms. The molecule has 2 N–H and O–H groups in total. The molecule has 132 valence electrons. The van der Waals surface area contributed by atoms with Crippen LogP contribution in [0.15, 0.2) is 47.7 Å². The van der Waals surface area contributed by atoms with E-state index >= 15 is 0 Å². The number of hydrogen-bond acceptors (Lipinski definition) is 5. The van der Waals surface area contributed by atoms with Gasteiger partial charge in [0.05, 0.1) is 12.7 Å². The first-order chi connectivity index (χ1) is 12.3. The van der Waals surface area contributed by atoms with E-state index < -0.39 is 0 Å². The van der Waals surface area contributed by atoms with E-state index in [1.165, 1.54) is 5.56 Å². The Balaban J connectivity index is 1.35. The number of hydrogen-bond donors (Lipinski definition) is 2. The molecule has 7 heteroatoms. The number of aromatic nitrogens is 1. The number of ether oxygens (including phenoxy) is 3. The lowest BCUT2D eigenvalue weighted by molar-refractivity contribution is 0.174. The van der Waals surface area contributed by atoms with Gasteiger partial charge in [0.25, 0.3) is 0 Å². The Morgan fingerprint density at radius 2 is 2.08 bits per heavy atom. The molecule has 1 aliphatic rings. The average Bonchev–Trinajstić information content (AvgIpc) is 3.12. The normalized spacial score (nSPS) is 12.8. The lowest BCUT2D eigenvalue weighted by atomic mass is 10.1. The molecule has 3 rings (SSSR count). The van der Waals surface area contributed by atoms with Crippen LogP contribution in [-0.2, 0) is 6.42 Å². The van der Waals surface area contributed by atoms with Crippen LogP contribution in [0.1, 0.15) is 5.56 Å². The van der Waals surface area contributed by atoms with Gasteiger partial charge in [-0.2, -0.15) is 0 Å². The Morgan fingerprint density at radius 1 is 1.20 bits per heavy atom. The highest BCUT2D eigenvalue weighted by Crippen LogP contribution is 2.32. The minimum absolute atomic E-state index is 0.300. The second kappa shape index (κ2) is 8.77. The summed E-state index contributed by atoms with van der Waals surface area (Å²) in [6, 6.07) is 9.74. The minimum Gasteiger partial charge on any atom is -0.490 e. The van der Waals surface area contributed by atoms with Gasteiger partial charge in [0.1, 0.15) is 12.4 Å². The van der Waals surface area contributed by atoms with Crippen molar-refractivity contribution in [3.8, 4) is 17.2 Å². The van der Waals surface area contributed by atoms with Gasteiger partial charge in [-0.15, -0.1) is 0 Å². The molecule has 0 aliphatic carbocycles. The predicted molar refractivity (Wildman–Crippen MR) is 95.4 cm³/mol. The smallest absolute Gasteiger partial charge is 0.231 e. The Morgan fingerprint density at radius 3 is 2.92 bits per heavy atom. The number of fused-ring (bicyclic) bond motifs is 1. The number of rotatable bonds is 7. The number of benzene rings is 1. The summed E-state index contributed by atoms with van der Waals surface area (Å²) in [5, 5.41) is 6.50. The molecule has 1 aromatic carbocycles. The molecule has 1 aliphatic heterocycles. The maximum atomic E-state index is 5.58. The number of aliphatic imine (C=N–C) groups is 1. The predicted octanol–water partition coefficient (Wildman–Crippen LogP) is 1.60. The summed E-state index contributed by atoms with van der Waals surface area (Å²) in [6.07, 6.45) is 4.28. The molecule has 0 saturated heterocycles. The summed E-state index contributed by atoms with van der Waals surface area (Å²) in [7, 11) is 1.75. The Labute approximate surface area is 147 Å². The highest BCUT2D eigenvalue weighted by atomic mass is 16.7. The first-order valence-corrected chi connectivity index (χ1v) is 8.21. The van der Waals surface area contributed by atoms with Crippen molar-refractivity contribution in [1.29, 1.82) is 0 Å². The van der Waals surface area contributed by atoms with Crippen LogP contribution in [-0.4, -0.2) is 44.5 Å². The number of nitrogens with zero attached hydrogens (tertiary/aromatic N) is 2. The van der Waals surface area contributed by atoms with E-state index in [2.05, 4.69) is 20.6 Å². The highest BCUT2D eigenvalue weighted by Gasteiger charge is 2.12. The van der Waals surface area contributed by atoms with Crippen molar-refractivity contribution in [2.24, 2.45) is 4.99 Å². The van der Waals surface area contributed by atoms with Gasteiger partial charge in [-0.3, -0.25) is 9.98 Å². The van der Waals surface area contributed by atoms with E-state index in [1.54, 1.807) is 19.4 Å². The molecular formula is C18H22N4O3. The first kappa shape index (κ1) is 16.9. The van der Waals surface area contributed by atoms with Crippen LogP contribution in [0, 0.1) is 0 Å². The summed E-state index contributed by atoms with van der Waals surface area (Å²) in [6.45, 7) is 2.25. The fourth-order valence-corrected chi connectivity index (χ4v) is 2.41. The van der Waals surface area contributed by atoms with E-state index in [4.69, 9.17) is 14.2 Å². The van der Waals surface area contributed by atoms with E-state index in [0.29, 0.717) is 19.9 Å². The van der Waals surface area contributed by atoms with Crippen LogP contribution in [0.2, 0.25) is 0 Å². The molecule has 2 aromatic rings. The molecule has 0 unspecified atom stereocenters. The molecule has 0 radical (unpaired) electrons. The summed E-state index contributed by atoms with van der Waals surface area (Å²) < 4.78 is 16.3. The molecular weight excluding hydrogens is 320 g/mol. The summed E-state index contributed by atoms with van der Waals surface area (Å²) in [4.78, 5) is 8.21. The third kappa shape index (κ3) is 5.00. The zero-order valence-corrected chi connectivity index (χ0v) is 14.2. The van der Waals surface area contributed by atoms with Gasteiger partial charge in [-0.1, -0.05) is 6.07 Å². The van der Waals surface area contributed by atoms with E-state index in [-0.39, 0.29) is 0 Å². The lowest BCUT2D eigenvalue weighted by Gasteiger charge is -2.12. The van der Waals surface area contributed by atoms with Gasteiger partial charge in [0.15, 0.2) is 17.5 Å². The fraction of sp³-hybridized carbons (Fsp3) is 0.333. The fourth-order valence-electron chi connectivity index (χ4n) is 2.41. The zero-order valence-electron chi connectivity index (χ0n) is 14.2. The highest BCUT2D eigenvalue weighted by molar-refractivity contribution is 5.79. The topological polar surface area (TPSA) is 77.0 Å². The van der Waals surface area contributed by atoms with E-state index in [1.807, 2.05) is 30.3 Å². The van der Waals surface area contributed by atoms with Crippen molar-refractivity contribution in [2.75, 3.05) is 33.5 Å². The standard InChI is InChI=1S/C18H22N4O3/c1-19-18(22-9-10-23-15-3-2-7-20-12-15)21-8-6-14-4-5-16-17(11-14)25-13-24-16/h2-5,7,11-12H,6,8-10,13H2,1H3,(H2,19,21,22). The molecule has 0 atom stereocenters. The van der Waals surface area contributed by atoms with Gasteiger partial charge in [-0.05, 0) is 36.2 Å². The molecule has 1 aromatic heterocycles. The molecule has 0 spiro atoms. The Hall–Kier alpha value is -2.96. The van der Waals surface area contributed by atoms with Gasteiger partial charge < -0.3 is 24.8 Å². The zero-order chi connectivity index (χ0) is 17.3. The van der Waals surface area contributed by atoms with Gasteiger partial charge in [0.2, 0.25) is 6.79 Å².